The van der Waals surface area contributed by atoms with Crippen molar-refractivity contribution in [3.63, 3.8) is 0 Å². The number of hydrogen-bond donors (Lipinski definition) is 3. The fraction of sp³-hybridized carbons (Fsp3) is 0.652. The number of alkyl carbamates (subject to hydrolysis) is 1. The largest absolute Gasteiger partial charge is 0.480 e. The van der Waals surface area contributed by atoms with Crippen LogP contribution in [0.5, 0.6) is 0 Å². The van der Waals surface area contributed by atoms with E-state index in [0.717, 1.165) is 0 Å². The van der Waals surface area contributed by atoms with Gasteiger partial charge in [-0.1, -0.05) is 0 Å². The lowest BCUT2D eigenvalue weighted by Crippen LogP contribution is -2.43. The SMILES string of the molecule is C#CC[C@@H]1C[C@@H](C(=O)O)N(C(=O)OC(C)(C)C)C1.C#CC[C@H](NC(=O)OC(C)(C)C)C(=O)O. The monoisotopic (exact) mass is 466 g/mol. The molecule has 2 amide bonds. The van der Waals surface area contributed by atoms with E-state index in [4.69, 9.17) is 32.5 Å². The summed E-state index contributed by atoms with van der Waals surface area (Å²) in [4.78, 5) is 46.1. The molecule has 0 aromatic carbocycles. The molecule has 0 aromatic heterocycles. The minimum Gasteiger partial charge on any atom is -0.480 e. The molecule has 0 bridgehead atoms. The van der Waals surface area contributed by atoms with Crippen molar-refractivity contribution in [3.05, 3.63) is 0 Å². The number of aliphatic carboxylic acids is 2. The molecule has 0 spiro atoms. The molecular formula is C23H34N2O8. The first kappa shape index (κ1) is 29.6. The predicted octanol–water partition coefficient (Wildman–Crippen LogP) is 2.71. The number of ether oxygens (including phenoxy) is 2. The Morgan fingerprint density at radius 1 is 1.03 bits per heavy atom. The van der Waals surface area contributed by atoms with Crippen LogP contribution in [0, 0.1) is 30.6 Å². The van der Waals surface area contributed by atoms with Crippen molar-refractivity contribution in [2.24, 2.45) is 5.92 Å². The minimum absolute atomic E-state index is 0.0311. The van der Waals surface area contributed by atoms with Gasteiger partial charge in [-0.25, -0.2) is 19.2 Å². The summed E-state index contributed by atoms with van der Waals surface area (Å²) in [5, 5.41) is 20.0. The van der Waals surface area contributed by atoms with Crippen LogP contribution in [0.1, 0.15) is 60.8 Å². The van der Waals surface area contributed by atoms with Gasteiger partial charge in [-0.3, -0.25) is 4.90 Å². The Kier molecular flexibility index (Phi) is 11.3. The molecule has 0 radical (unpaired) electrons. The second kappa shape index (κ2) is 12.6. The molecule has 0 unspecified atom stereocenters. The van der Waals surface area contributed by atoms with E-state index in [1.807, 2.05) is 0 Å². The summed E-state index contributed by atoms with van der Waals surface area (Å²) >= 11 is 0. The van der Waals surface area contributed by atoms with Crippen LogP contribution >= 0.6 is 0 Å². The number of carbonyl (C=O) groups is 4. The highest BCUT2D eigenvalue weighted by molar-refractivity contribution is 5.81. The minimum atomic E-state index is -1.18. The van der Waals surface area contributed by atoms with Gasteiger partial charge in [0.1, 0.15) is 23.3 Å². The van der Waals surface area contributed by atoms with E-state index in [2.05, 4.69) is 17.2 Å². The molecule has 1 rings (SSSR count). The highest BCUT2D eigenvalue weighted by Crippen LogP contribution is 2.27. The van der Waals surface area contributed by atoms with Crippen LogP contribution < -0.4 is 5.32 Å². The quantitative estimate of drug-likeness (QED) is 0.525. The summed E-state index contributed by atoms with van der Waals surface area (Å²) in [6, 6.07) is -1.94. The van der Waals surface area contributed by atoms with E-state index < -0.39 is 47.4 Å². The molecule has 1 saturated heterocycles. The van der Waals surface area contributed by atoms with Gasteiger partial charge >= 0.3 is 24.1 Å². The number of amides is 2. The van der Waals surface area contributed by atoms with E-state index >= 15 is 0 Å². The summed E-state index contributed by atoms with van der Waals surface area (Å²) in [6.07, 6.45) is 9.60. The van der Waals surface area contributed by atoms with Crippen LogP contribution in [0.25, 0.3) is 0 Å². The van der Waals surface area contributed by atoms with Crippen LogP contribution in [0.2, 0.25) is 0 Å². The lowest BCUT2D eigenvalue weighted by Gasteiger charge is -2.26. The number of nitrogens with one attached hydrogen (secondary N) is 1. The van der Waals surface area contributed by atoms with Crippen molar-refractivity contribution in [1.82, 2.24) is 10.2 Å². The van der Waals surface area contributed by atoms with Crippen molar-refractivity contribution < 1.29 is 38.9 Å². The topological polar surface area (TPSA) is 142 Å². The summed E-state index contributed by atoms with van der Waals surface area (Å²) in [6.45, 7) is 10.6. The van der Waals surface area contributed by atoms with E-state index in [1.165, 1.54) is 4.90 Å². The Labute approximate surface area is 195 Å². The molecule has 1 aliphatic heterocycles. The molecule has 1 heterocycles. The van der Waals surface area contributed by atoms with Gasteiger partial charge in [0.05, 0.1) is 0 Å². The molecule has 10 heteroatoms. The van der Waals surface area contributed by atoms with Crippen LogP contribution in [0.3, 0.4) is 0 Å². The second-order valence-corrected chi connectivity index (χ2v) is 9.44. The van der Waals surface area contributed by atoms with Crippen LogP contribution in [-0.4, -0.2) is 69.1 Å². The van der Waals surface area contributed by atoms with Gasteiger partial charge in [0, 0.05) is 19.4 Å². The summed E-state index contributed by atoms with van der Waals surface area (Å²) in [5.41, 5.74) is -1.30. The van der Waals surface area contributed by atoms with Crippen molar-refractivity contribution in [2.45, 2.75) is 84.1 Å². The smallest absolute Gasteiger partial charge is 0.411 e. The van der Waals surface area contributed by atoms with Crippen molar-refractivity contribution in [2.75, 3.05) is 6.54 Å². The number of nitrogens with zero attached hydrogens (tertiary/aromatic N) is 1. The molecule has 1 aliphatic rings. The van der Waals surface area contributed by atoms with E-state index in [1.54, 1.807) is 41.5 Å². The number of terminal acetylenes is 2. The molecule has 0 aliphatic carbocycles. The normalized spacial score (nSPS) is 18.5. The van der Waals surface area contributed by atoms with Gasteiger partial charge in [-0.05, 0) is 53.9 Å². The van der Waals surface area contributed by atoms with Crippen LogP contribution in [0.4, 0.5) is 9.59 Å². The fourth-order valence-electron chi connectivity index (χ4n) is 2.76. The first-order valence-electron chi connectivity index (χ1n) is 10.3. The zero-order valence-electron chi connectivity index (χ0n) is 20.0. The zero-order valence-corrected chi connectivity index (χ0v) is 20.0. The third-order valence-electron chi connectivity index (χ3n) is 4.02. The standard InChI is InChI=1S/C13H19NO4.C10H15NO4/c1-5-6-9-7-10(11(15)16)14(8-9)12(17)18-13(2,3)4;1-5-6-7(8(12)13)11-9(14)15-10(2,3)4/h1,9-10H,6-8H2,2-4H3,(H,15,16);1,7H,6H2,2-4H3,(H,11,14)(H,12,13)/t9-,10+;7-/m10/s1. The van der Waals surface area contributed by atoms with Crippen LogP contribution in [0.15, 0.2) is 0 Å². The lowest BCUT2D eigenvalue weighted by molar-refractivity contribution is -0.142. The number of carboxylic acids is 2. The van der Waals surface area contributed by atoms with E-state index in [9.17, 15) is 19.2 Å². The van der Waals surface area contributed by atoms with Gasteiger partial charge in [0.25, 0.3) is 0 Å². The number of rotatable bonds is 5. The number of likely N-dealkylation sites (tertiary alicyclic amines) is 1. The maximum atomic E-state index is 11.9. The maximum Gasteiger partial charge on any atom is 0.411 e. The zero-order chi connectivity index (χ0) is 26.0. The van der Waals surface area contributed by atoms with Gasteiger partial charge in [-0.15, -0.1) is 24.7 Å². The van der Waals surface area contributed by atoms with Gasteiger partial charge in [0.2, 0.25) is 0 Å². The average Bonchev–Trinajstić information content (AvgIpc) is 3.03. The van der Waals surface area contributed by atoms with Gasteiger partial charge in [-0.2, -0.15) is 0 Å². The highest BCUT2D eigenvalue weighted by atomic mass is 16.6. The Balaban J connectivity index is 0.000000633. The predicted molar refractivity (Wildman–Crippen MR) is 120 cm³/mol. The number of hydrogen-bond acceptors (Lipinski definition) is 6. The molecule has 0 aromatic rings. The molecule has 10 nitrogen and oxygen atoms in total. The van der Waals surface area contributed by atoms with Crippen molar-refractivity contribution in [1.29, 1.82) is 0 Å². The first-order valence-corrected chi connectivity index (χ1v) is 10.3. The molecule has 184 valence electrons. The van der Waals surface area contributed by atoms with Gasteiger partial charge in [0.15, 0.2) is 0 Å². The fourth-order valence-corrected chi connectivity index (χ4v) is 2.76. The second-order valence-electron chi connectivity index (χ2n) is 9.44. The number of carbonyl (C=O) groups excluding carboxylic acids is 2. The van der Waals surface area contributed by atoms with Crippen LogP contribution in [-0.2, 0) is 19.1 Å². The summed E-state index contributed by atoms with van der Waals surface area (Å²) in [5.74, 6) is 2.51. The lowest BCUT2D eigenvalue weighted by atomic mass is 10.0. The summed E-state index contributed by atoms with van der Waals surface area (Å²) < 4.78 is 10.1. The van der Waals surface area contributed by atoms with Crippen molar-refractivity contribution >= 4 is 24.1 Å². The molecule has 33 heavy (non-hydrogen) atoms. The Morgan fingerprint density at radius 3 is 1.97 bits per heavy atom. The molecule has 3 N–H and O–H groups in total. The third-order valence-corrected chi connectivity index (χ3v) is 4.02. The molecule has 3 atom stereocenters. The summed E-state index contributed by atoms with van der Waals surface area (Å²) in [7, 11) is 0. The first-order chi connectivity index (χ1) is 15.0. The van der Waals surface area contributed by atoms with E-state index in [-0.39, 0.29) is 12.3 Å². The highest BCUT2D eigenvalue weighted by Gasteiger charge is 2.41. The average molecular weight is 467 g/mol. The van der Waals surface area contributed by atoms with Crippen molar-refractivity contribution in [3.8, 4) is 24.7 Å². The molecule has 0 saturated carbocycles. The van der Waals surface area contributed by atoms with E-state index in [0.29, 0.717) is 19.4 Å². The Bertz CT molecular complexity index is 795. The van der Waals surface area contributed by atoms with Gasteiger partial charge < -0.3 is 25.0 Å². The Morgan fingerprint density at radius 2 is 1.58 bits per heavy atom. The maximum absolute atomic E-state index is 11.9. The third kappa shape index (κ3) is 12.3. The Hall–Kier alpha value is -3.40. The number of carboxylic acid groups (broad SMARTS) is 2. The molecular weight excluding hydrogens is 432 g/mol. The molecule has 1 fully saturated rings.